The fourth-order valence-electron chi connectivity index (χ4n) is 2.95. The fourth-order valence-corrected chi connectivity index (χ4v) is 2.95. The van der Waals surface area contributed by atoms with E-state index in [0.29, 0.717) is 24.9 Å². The molecular formula is C19H27ClN4O3. The summed E-state index contributed by atoms with van der Waals surface area (Å²) in [4.78, 5) is 12.2. The monoisotopic (exact) mass is 394 g/mol. The predicted octanol–water partition coefficient (Wildman–Crippen LogP) is 2.44. The Morgan fingerprint density at radius 3 is 2.78 bits per heavy atom. The van der Waals surface area contributed by atoms with Crippen molar-refractivity contribution >= 4 is 18.3 Å². The van der Waals surface area contributed by atoms with Gasteiger partial charge in [0, 0.05) is 19.3 Å². The summed E-state index contributed by atoms with van der Waals surface area (Å²) in [5, 5.41) is 10.7. The second-order valence-corrected chi connectivity index (χ2v) is 6.31. The van der Waals surface area contributed by atoms with Crippen LogP contribution in [0.15, 0.2) is 36.5 Å². The average Bonchev–Trinajstić information content (AvgIpc) is 3.19. The molecule has 8 heteroatoms. The molecule has 1 saturated heterocycles. The number of nitrogens with one attached hydrogen (secondary N) is 2. The minimum absolute atomic E-state index is 0. The van der Waals surface area contributed by atoms with Gasteiger partial charge < -0.3 is 20.1 Å². The van der Waals surface area contributed by atoms with Crippen molar-refractivity contribution in [2.75, 3.05) is 33.4 Å². The number of ether oxygens (including phenoxy) is 2. The zero-order chi connectivity index (χ0) is 18.2. The van der Waals surface area contributed by atoms with Gasteiger partial charge in [0.1, 0.15) is 17.2 Å². The maximum absolute atomic E-state index is 12.2. The first-order valence-corrected chi connectivity index (χ1v) is 9.07. The van der Waals surface area contributed by atoms with Gasteiger partial charge in [0.05, 0.1) is 19.8 Å². The Morgan fingerprint density at radius 2 is 2.07 bits per heavy atom. The van der Waals surface area contributed by atoms with E-state index in [2.05, 4.69) is 15.7 Å². The molecule has 7 nitrogen and oxygen atoms in total. The second kappa shape index (κ2) is 10.8. The van der Waals surface area contributed by atoms with E-state index in [4.69, 9.17) is 9.47 Å². The van der Waals surface area contributed by atoms with Gasteiger partial charge in [-0.15, -0.1) is 12.4 Å². The van der Waals surface area contributed by atoms with Crippen LogP contribution in [0.3, 0.4) is 0 Å². The number of rotatable bonds is 8. The van der Waals surface area contributed by atoms with E-state index in [1.54, 1.807) is 13.2 Å². The highest BCUT2D eigenvalue weighted by Gasteiger charge is 2.17. The lowest BCUT2D eigenvalue weighted by molar-refractivity contribution is 0.0945. The van der Waals surface area contributed by atoms with E-state index >= 15 is 0 Å². The zero-order valence-corrected chi connectivity index (χ0v) is 16.3. The van der Waals surface area contributed by atoms with Gasteiger partial charge in [-0.3, -0.25) is 9.48 Å². The summed E-state index contributed by atoms with van der Waals surface area (Å²) in [6.45, 7) is 3.05. The molecule has 148 valence electrons. The van der Waals surface area contributed by atoms with Gasteiger partial charge >= 0.3 is 0 Å². The molecule has 0 aliphatic carbocycles. The highest BCUT2D eigenvalue weighted by Crippen LogP contribution is 2.17. The molecule has 0 radical (unpaired) electrons. The maximum atomic E-state index is 12.2. The molecule has 2 heterocycles. The van der Waals surface area contributed by atoms with E-state index in [1.165, 1.54) is 0 Å². The summed E-state index contributed by atoms with van der Waals surface area (Å²) >= 11 is 0. The number of hydrogen-bond donors (Lipinski definition) is 2. The number of piperidine rings is 1. The Balaban J connectivity index is 0.00000261. The van der Waals surface area contributed by atoms with E-state index in [0.717, 1.165) is 43.9 Å². The first kappa shape index (κ1) is 21.1. The van der Waals surface area contributed by atoms with E-state index in [-0.39, 0.29) is 18.3 Å². The maximum Gasteiger partial charge on any atom is 0.271 e. The van der Waals surface area contributed by atoms with Crippen molar-refractivity contribution in [3.63, 3.8) is 0 Å². The average molecular weight is 395 g/mol. The lowest BCUT2D eigenvalue weighted by Crippen LogP contribution is -2.32. The minimum atomic E-state index is -0.142. The van der Waals surface area contributed by atoms with Crippen LogP contribution in [0.2, 0.25) is 0 Å². The van der Waals surface area contributed by atoms with Crippen molar-refractivity contribution in [3.8, 4) is 11.5 Å². The third kappa shape index (κ3) is 6.15. The minimum Gasteiger partial charge on any atom is -0.497 e. The highest BCUT2D eigenvalue weighted by molar-refractivity contribution is 5.92. The van der Waals surface area contributed by atoms with Gasteiger partial charge in [-0.25, -0.2) is 0 Å². The first-order chi connectivity index (χ1) is 12.8. The van der Waals surface area contributed by atoms with Crippen molar-refractivity contribution in [3.05, 3.63) is 42.2 Å². The molecule has 1 amide bonds. The number of amides is 1. The lowest BCUT2D eigenvalue weighted by atomic mass is 10.1. The Hall–Kier alpha value is -2.25. The number of benzene rings is 1. The summed E-state index contributed by atoms with van der Waals surface area (Å²) < 4.78 is 12.6. The van der Waals surface area contributed by atoms with Crippen molar-refractivity contribution < 1.29 is 14.3 Å². The molecule has 1 aromatic heterocycles. The molecule has 3 rings (SSSR count). The SMILES string of the molecule is COc1ccc(OCCCNC(=O)c2ccn(C3CCCNC3)n2)cc1.Cl. The first-order valence-electron chi connectivity index (χ1n) is 9.07. The van der Waals surface area contributed by atoms with Crippen LogP contribution in [0.5, 0.6) is 11.5 Å². The molecular weight excluding hydrogens is 368 g/mol. The quantitative estimate of drug-likeness (QED) is 0.672. The van der Waals surface area contributed by atoms with Crippen molar-refractivity contribution in [2.45, 2.75) is 25.3 Å². The number of carbonyl (C=O) groups excluding carboxylic acids is 1. The van der Waals surface area contributed by atoms with Crippen LogP contribution in [-0.2, 0) is 0 Å². The lowest BCUT2D eigenvalue weighted by Gasteiger charge is -2.22. The summed E-state index contributed by atoms with van der Waals surface area (Å²) in [6, 6.07) is 9.56. The Kier molecular flexibility index (Phi) is 8.42. The molecule has 1 aliphatic heterocycles. The number of methoxy groups -OCH3 is 1. The second-order valence-electron chi connectivity index (χ2n) is 6.31. The van der Waals surface area contributed by atoms with Gasteiger partial charge in [-0.05, 0) is 56.1 Å². The molecule has 1 aromatic carbocycles. The molecule has 1 fully saturated rings. The molecule has 0 bridgehead atoms. The number of hydrogen-bond acceptors (Lipinski definition) is 5. The van der Waals surface area contributed by atoms with E-state index in [1.807, 2.05) is 35.1 Å². The summed E-state index contributed by atoms with van der Waals surface area (Å²) in [5.41, 5.74) is 0.464. The van der Waals surface area contributed by atoms with Crippen LogP contribution in [0.1, 0.15) is 35.8 Å². The van der Waals surface area contributed by atoms with E-state index in [9.17, 15) is 4.79 Å². The van der Waals surface area contributed by atoms with Gasteiger partial charge in [0.2, 0.25) is 0 Å². The van der Waals surface area contributed by atoms with Crippen LogP contribution < -0.4 is 20.1 Å². The largest absolute Gasteiger partial charge is 0.497 e. The molecule has 0 spiro atoms. The molecule has 1 aliphatic rings. The third-order valence-corrected chi connectivity index (χ3v) is 4.42. The van der Waals surface area contributed by atoms with Gasteiger partial charge in [0.15, 0.2) is 0 Å². The van der Waals surface area contributed by atoms with Crippen LogP contribution in [0, 0.1) is 0 Å². The van der Waals surface area contributed by atoms with Crippen molar-refractivity contribution in [1.82, 2.24) is 20.4 Å². The molecule has 0 saturated carbocycles. The van der Waals surface area contributed by atoms with Crippen LogP contribution in [-0.4, -0.2) is 49.0 Å². The number of halogens is 1. The van der Waals surface area contributed by atoms with Crippen molar-refractivity contribution in [2.24, 2.45) is 0 Å². The molecule has 27 heavy (non-hydrogen) atoms. The Morgan fingerprint density at radius 1 is 1.30 bits per heavy atom. The number of aromatic nitrogens is 2. The van der Waals surface area contributed by atoms with E-state index < -0.39 is 0 Å². The fraction of sp³-hybridized carbons (Fsp3) is 0.474. The summed E-state index contributed by atoms with van der Waals surface area (Å²) in [7, 11) is 1.63. The number of nitrogens with zero attached hydrogens (tertiary/aromatic N) is 2. The van der Waals surface area contributed by atoms with Gasteiger partial charge in [-0.2, -0.15) is 5.10 Å². The number of carbonyl (C=O) groups is 1. The Labute approximate surface area is 165 Å². The molecule has 2 N–H and O–H groups in total. The smallest absolute Gasteiger partial charge is 0.271 e. The normalized spacial score (nSPS) is 16.3. The van der Waals surface area contributed by atoms with Crippen LogP contribution in [0.4, 0.5) is 0 Å². The molecule has 1 unspecified atom stereocenters. The zero-order valence-electron chi connectivity index (χ0n) is 15.5. The van der Waals surface area contributed by atoms with Gasteiger partial charge in [0.25, 0.3) is 5.91 Å². The highest BCUT2D eigenvalue weighted by atomic mass is 35.5. The molecule has 1 atom stereocenters. The van der Waals surface area contributed by atoms with Gasteiger partial charge in [-0.1, -0.05) is 0 Å². The van der Waals surface area contributed by atoms with Crippen molar-refractivity contribution in [1.29, 1.82) is 0 Å². The predicted molar refractivity (Wildman–Crippen MR) is 106 cm³/mol. The Bertz CT molecular complexity index is 699. The molecule has 2 aromatic rings. The topological polar surface area (TPSA) is 77.4 Å². The van der Waals surface area contributed by atoms with Crippen LogP contribution >= 0.6 is 12.4 Å². The third-order valence-electron chi connectivity index (χ3n) is 4.42. The summed E-state index contributed by atoms with van der Waals surface area (Å²) in [6.07, 6.45) is 4.85. The van der Waals surface area contributed by atoms with Crippen LogP contribution in [0.25, 0.3) is 0 Å². The standard InChI is InChI=1S/C19H26N4O3.ClH/c1-25-16-5-7-17(8-6-16)26-13-3-11-21-19(24)18-9-12-23(22-18)15-4-2-10-20-14-15;/h5-9,12,15,20H,2-4,10-11,13-14H2,1H3,(H,21,24);1H. The summed E-state index contributed by atoms with van der Waals surface area (Å²) in [5.74, 6) is 1.45.